The molecule has 0 radical (unpaired) electrons. The highest BCUT2D eigenvalue weighted by atomic mass is 79.9. The molecule has 6 nitrogen and oxygen atoms in total. The standard InChI is InChI=1S/C20H18Br2N2O.C2H3N3/c21-16-7-5-15(6-8-16)20(12-24)10-18(22)17(9-19(20)25)14-3-1-13(11-23)2-4-14;1-2-4-5-3-1/h1-10,12,19,24-25H,11,23H2;1-2H,(H,3,4,5). The number of aromatic nitrogens is 3. The maximum Gasteiger partial charge on any atom is 0.0912 e. The van der Waals surface area contributed by atoms with Gasteiger partial charge in [0.1, 0.15) is 0 Å². The Morgan fingerprint density at radius 2 is 1.70 bits per heavy atom. The number of H-pyrrole nitrogens is 1. The molecule has 0 amide bonds. The number of halogens is 2. The molecular formula is C22H21Br2N5O. The highest BCUT2D eigenvalue weighted by molar-refractivity contribution is 9.12. The Balaban J connectivity index is 0.000000448. The number of aliphatic hydroxyl groups is 1. The lowest BCUT2D eigenvalue weighted by atomic mass is 9.72. The largest absolute Gasteiger partial charge is 0.387 e. The predicted octanol–water partition coefficient (Wildman–Crippen LogP) is 4.34. The molecule has 1 heterocycles. The average molecular weight is 531 g/mol. The maximum absolute atomic E-state index is 10.9. The van der Waals surface area contributed by atoms with E-state index in [1.807, 2.05) is 54.6 Å². The van der Waals surface area contributed by atoms with E-state index in [4.69, 9.17) is 11.1 Å². The van der Waals surface area contributed by atoms with E-state index in [0.717, 1.165) is 31.2 Å². The third-order valence-electron chi connectivity index (χ3n) is 4.85. The molecule has 0 bridgehead atoms. The second-order valence-electron chi connectivity index (χ2n) is 6.66. The molecule has 3 aromatic rings. The van der Waals surface area contributed by atoms with Crippen LogP contribution in [0.25, 0.3) is 5.57 Å². The van der Waals surface area contributed by atoms with Crippen molar-refractivity contribution in [3.8, 4) is 0 Å². The van der Waals surface area contributed by atoms with Gasteiger partial charge in [-0.05, 0) is 40.5 Å². The molecule has 0 spiro atoms. The molecule has 0 aliphatic heterocycles. The van der Waals surface area contributed by atoms with Crippen molar-refractivity contribution in [2.75, 3.05) is 0 Å². The number of hydrogen-bond acceptors (Lipinski definition) is 5. The molecule has 0 fully saturated rings. The number of aromatic amines is 1. The molecule has 1 aliphatic carbocycles. The van der Waals surface area contributed by atoms with Crippen molar-refractivity contribution in [2.24, 2.45) is 5.73 Å². The molecule has 154 valence electrons. The van der Waals surface area contributed by atoms with Crippen molar-refractivity contribution in [2.45, 2.75) is 18.1 Å². The first-order valence-corrected chi connectivity index (χ1v) is 10.7. The number of hydrogen-bond donors (Lipinski definition) is 4. The van der Waals surface area contributed by atoms with Gasteiger partial charge < -0.3 is 16.2 Å². The van der Waals surface area contributed by atoms with E-state index in [1.165, 1.54) is 6.21 Å². The molecule has 1 aromatic heterocycles. The zero-order valence-electron chi connectivity index (χ0n) is 16.0. The van der Waals surface area contributed by atoms with Crippen molar-refractivity contribution in [1.82, 2.24) is 15.4 Å². The van der Waals surface area contributed by atoms with Crippen LogP contribution < -0.4 is 5.73 Å². The van der Waals surface area contributed by atoms with Gasteiger partial charge in [0.25, 0.3) is 0 Å². The summed E-state index contributed by atoms with van der Waals surface area (Å²) in [4.78, 5) is 0. The van der Waals surface area contributed by atoms with Gasteiger partial charge in [-0.1, -0.05) is 74.3 Å². The highest BCUT2D eigenvalue weighted by Gasteiger charge is 2.38. The number of aliphatic hydroxyl groups excluding tert-OH is 1. The molecule has 4 rings (SSSR count). The summed E-state index contributed by atoms with van der Waals surface area (Å²) in [6.07, 6.45) is 7.33. The summed E-state index contributed by atoms with van der Waals surface area (Å²) >= 11 is 7.05. The summed E-state index contributed by atoms with van der Waals surface area (Å²) in [6, 6.07) is 15.6. The summed E-state index contributed by atoms with van der Waals surface area (Å²) in [5.41, 5.74) is 8.59. The maximum atomic E-state index is 10.9. The molecule has 2 unspecified atom stereocenters. The van der Waals surface area contributed by atoms with Crippen LogP contribution in [0, 0.1) is 5.41 Å². The van der Waals surface area contributed by atoms with Gasteiger partial charge in [-0.25, -0.2) is 0 Å². The van der Waals surface area contributed by atoms with E-state index < -0.39 is 11.5 Å². The zero-order chi connectivity index (χ0) is 21.6. The van der Waals surface area contributed by atoms with Crippen molar-refractivity contribution in [1.29, 1.82) is 5.41 Å². The van der Waals surface area contributed by atoms with E-state index in [0.29, 0.717) is 6.54 Å². The first kappa shape index (κ1) is 22.3. The van der Waals surface area contributed by atoms with Gasteiger partial charge in [0, 0.05) is 21.7 Å². The fraction of sp³-hybridized carbons (Fsp3) is 0.136. The minimum atomic E-state index is -0.889. The van der Waals surface area contributed by atoms with Gasteiger partial charge in [-0.15, -0.1) is 0 Å². The van der Waals surface area contributed by atoms with Crippen LogP contribution in [0.4, 0.5) is 0 Å². The van der Waals surface area contributed by atoms with Crippen LogP contribution in [0.3, 0.4) is 0 Å². The Kier molecular flexibility index (Phi) is 7.49. The van der Waals surface area contributed by atoms with Crippen LogP contribution in [-0.2, 0) is 12.0 Å². The summed E-state index contributed by atoms with van der Waals surface area (Å²) in [5, 5.41) is 28.2. The predicted molar refractivity (Wildman–Crippen MR) is 126 cm³/mol. The van der Waals surface area contributed by atoms with E-state index in [9.17, 15) is 5.11 Å². The molecular weight excluding hydrogens is 510 g/mol. The Morgan fingerprint density at radius 1 is 1.07 bits per heavy atom. The monoisotopic (exact) mass is 529 g/mol. The minimum Gasteiger partial charge on any atom is -0.387 e. The van der Waals surface area contributed by atoms with E-state index >= 15 is 0 Å². The number of rotatable bonds is 4. The van der Waals surface area contributed by atoms with Crippen molar-refractivity contribution in [3.05, 3.63) is 98.7 Å². The first-order chi connectivity index (χ1) is 14.5. The smallest absolute Gasteiger partial charge is 0.0912 e. The minimum absolute atomic E-state index is 0.499. The average Bonchev–Trinajstić information content (AvgIpc) is 3.36. The van der Waals surface area contributed by atoms with Gasteiger partial charge >= 0.3 is 0 Å². The lowest BCUT2D eigenvalue weighted by Crippen LogP contribution is -2.40. The van der Waals surface area contributed by atoms with E-state index in [2.05, 4.69) is 47.3 Å². The van der Waals surface area contributed by atoms with Gasteiger partial charge in [0.05, 0.1) is 23.9 Å². The molecule has 8 heteroatoms. The molecule has 0 saturated heterocycles. The van der Waals surface area contributed by atoms with Crippen molar-refractivity contribution < 1.29 is 5.11 Å². The normalized spacial score (nSPS) is 20.5. The summed E-state index contributed by atoms with van der Waals surface area (Å²) in [7, 11) is 0. The van der Waals surface area contributed by atoms with Crippen molar-refractivity contribution in [3.63, 3.8) is 0 Å². The number of allylic oxidation sites excluding steroid dienone is 2. The van der Waals surface area contributed by atoms with Crippen LogP contribution in [0.1, 0.15) is 16.7 Å². The summed E-state index contributed by atoms with van der Waals surface area (Å²) in [6.45, 7) is 0.499. The summed E-state index contributed by atoms with van der Waals surface area (Å²) < 4.78 is 1.81. The Bertz CT molecular complexity index is 1010. The second-order valence-corrected chi connectivity index (χ2v) is 8.43. The van der Waals surface area contributed by atoms with Gasteiger partial charge in [-0.2, -0.15) is 15.4 Å². The SMILES string of the molecule is N=CC1(c2ccc(Br)cc2)C=C(Br)C(c2ccc(CN)cc2)=CC1O.c1cn[nH]n1. The summed E-state index contributed by atoms with van der Waals surface area (Å²) in [5.74, 6) is 0. The molecule has 1 aliphatic rings. The first-order valence-electron chi connectivity index (χ1n) is 9.15. The fourth-order valence-electron chi connectivity index (χ4n) is 3.17. The number of benzene rings is 2. The number of nitrogens with one attached hydrogen (secondary N) is 2. The quantitative estimate of drug-likeness (QED) is 0.376. The third kappa shape index (κ3) is 4.84. The Labute approximate surface area is 191 Å². The molecule has 0 saturated carbocycles. The molecule has 2 atom stereocenters. The Hall–Kier alpha value is -2.39. The van der Waals surface area contributed by atoms with Crippen LogP contribution >= 0.6 is 31.9 Å². The zero-order valence-corrected chi connectivity index (χ0v) is 19.1. The molecule has 2 aromatic carbocycles. The van der Waals surface area contributed by atoms with E-state index in [1.54, 1.807) is 18.5 Å². The number of nitrogens with two attached hydrogens (primary N) is 1. The van der Waals surface area contributed by atoms with Crippen molar-refractivity contribution >= 4 is 43.6 Å². The number of nitrogens with zero attached hydrogens (tertiary/aromatic N) is 2. The topological polar surface area (TPSA) is 112 Å². The van der Waals surface area contributed by atoms with Crippen LogP contribution in [-0.4, -0.2) is 32.8 Å². The molecule has 30 heavy (non-hydrogen) atoms. The van der Waals surface area contributed by atoms with Crippen LogP contribution in [0.5, 0.6) is 0 Å². The highest BCUT2D eigenvalue weighted by Crippen LogP contribution is 2.41. The fourth-order valence-corrected chi connectivity index (χ4v) is 4.18. The second kappa shape index (κ2) is 10.1. The van der Waals surface area contributed by atoms with Crippen LogP contribution in [0.2, 0.25) is 0 Å². The van der Waals surface area contributed by atoms with Crippen LogP contribution in [0.15, 0.2) is 82.0 Å². The Morgan fingerprint density at radius 3 is 2.20 bits per heavy atom. The lowest BCUT2D eigenvalue weighted by Gasteiger charge is -2.35. The van der Waals surface area contributed by atoms with Gasteiger partial charge in [0.15, 0.2) is 0 Å². The van der Waals surface area contributed by atoms with Gasteiger partial charge in [0.2, 0.25) is 0 Å². The lowest BCUT2D eigenvalue weighted by molar-refractivity contribution is 0.185. The van der Waals surface area contributed by atoms with Gasteiger partial charge in [-0.3, -0.25) is 0 Å². The third-order valence-corrected chi connectivity index (χ3v) is 6.04. The molecule has 5 N–H and O–H groups in total. The van der Waals surface area contributed by atoms with E-state index in [-0.39, 0.29) is 0 Å².